The summed E-state index contributed by atoms with van der Waals surface area (Å²) in [4.78, 5) is 12.7. The van der Waals surface area contributed by atoms with Crippen molar-refractivity contribution in [2.24, 2.45) is 17.3 Å². The quantitative estimate of drug-likeness (QED) is 0.755. The van der Waals surface area contributed by atoms with Gasteiger partial charge in [-0.25, -0.2) is 0 Å². The largest absolute Gasteiger partial charge is 0.573 e. The highest BCUT2D eigenvalue weighted by Crippen LogP contribution is 2.63. The number of carbonyl (C=O) groups excluding carboxylic acids is 1. The van der Waals surface area contributed by atoms with Gasteiger partial charge in [0.2, 0.25) is 5.91 Å². The average molecular weight is 388 g/mol. The molecule has 7 heteroatoms. The second kappa shape index (κ2) is 6.04. The SMILES string of the molecule is O=C(NCc1ccccc1OC(F)(F)F)C12C[C@H]3C[C@@H](CC(Cl)(C3)C1)C2. The number of nitrogens with one attached hydrogen (secondary N) is 1. The van der Waals surface area contributed by atoms with Crippen LogP contribution in [-0.2, 0) is 11.3 Å². The Hall–Kier alpha value is -1.43. The third-order valence-electron chi connectivity index (χ3n) is 6.11. The molecule has 0 saturated heterocycles. The molecule has 1 N–H and O–H groups in total. The fourth-order valence-electron chi connectivity index (χ4n) is 5.65. The molecule has 4 aliphatic rings. The summed E-state index contributed by atoms with van der Waals surface area (Å²) in [6.45, 7) is 0.0114. The number of benzene rings is 1. The summed E-state index contributed by atoms with van der Waals surface area (Å²) in [6, 6.07) is 5.89. The molecule has 0 radical (unpaired) electrons. The van der Waals surface area contributed by atoms with Gasteiger partial charge in [-0.05, 0) is 56.4 Å². The molecule has 4 saturated carbocycles. The van der Waals surface area contributed by atoms with Crippen molar-refractivity contribution in [2.45, 2.75) is 56.3 Å². The van der Waals surface area contributed by atoms with E-state index in [0.29, 0.717) is 23.8 Å². The zero-order valence-corrected chi connectivity index (χ0v) is 15.0. The summed E-state index contributed by atoms with van der Waals surface area (Å²) in [7, 11) is 0. The molecule has 4 aliphatic carbocycles. The van der Waals surface area contributed by atoms with Crippen LogP contribution in [0.2, 0.25) is 0 Å². The van der Waals surface area contributed by atoms with Crippen LogP contribution >= 0.6 is 11.6 Å². The molecule has 2 atom stereocenters. The summed E-state index contributed by atoms with van der Waals surface area (Å²) in [5, 5.41) is 2.85. The molecule has 4 fully saturated rings. The van der Waals surface area contributed by atoms with E-state index in [0.717, 1.165) is 32.1 Å². The lowest BCUT2D eigenvalue weighted by molar-refractivity contribution is -0.274. The Morgan fingerprint density at radius 2 is 1.85 bits per heavy atom. The van der Waals surface area contributed by atoms with Gasteiger partial charge in [-0.3, -0.25) is 4.79 Å². The molecule has 3 nitrogen and oxygen atoms in total. The van der Waals surface area contributed by atoms with Crippen LogP contribution in [0.5, 0.6) is 5.75 Å². The predicted molar refractivity (Wildman–Crippen MR) is 90.7 cm³/mol. The maximum Gasteiger partial charge on any atom is 0.573 e. The number of carbonyl (C=O) groups is 1. The van der Waals surface area contributed by atoms with Crippen LogP contribution in [0.3, 0.4) is 0 Å². The number of para-hydroxylation sites is 1. The minimum absolute atomic E-state index is 0.0114. The summed E-state index contributed by atoms with van der Waals surface area (Å²) in [5.74, 6) is 0.610. The van der Waals surface area contributed by atoms with Gasteiger partial charge in [-0.1, -0.05) is 18.2 Å². The third-order valence-corrected chi connectivity index (χ3v) is 6.55. The smallest absolute Gasteiger partial charge is 0.405 e. The molecule has 0 spiro atoms. The Morgan fingerprint density at radius 3 is 2.46 bits per heavy atom. The molecule has 0 heterocycles. The second-order valence-corrected chi connectivity index (χ2v) is 9.03. The monoisotopic (exact) mass is 387 g/mol. The molecule has 4 bridgehead atoms. The van der Waals surface area contributed by atoms with Crippen molar-refractivity contribution in [3.8, 4) is 5.75 Å². The van der Waals surface area contributed by atoms with Crippen molar-refractivity contribution < 1.29 is 22.7 Å². The van der Waals surface area contributed by atoms with E-state index in [1.165, 1.54) is 18.2 Å². The van der Waals surface area contributed by atoms with Crippen molar-refractivity contribution in [3.63, 3.8) is 0 Å². The lowest BCUT2D eigenvalue weighted by Gasteiger charge is -2.59. The van der Waals surface area contributed by atoms with Crippen LogP contribution in [0.1, 0.15) is 44.1 Å². The molecule has 0 aromatic heterocycles. The fraction of sp³-hybridized carbons (Fsp3) is 0.632. The number of hydrogen-bond donors (Lipinski definition) is 1. The third kappa shape index (κ3) is 3.40. The molecule has 0 aliphatic heterocycles. The fourth-order valence-corrected chi connectivity index (χ4v) is 6.35. The van der Waals surface area contributed by atoms with E-state index in [-0.39, 0.29) is 23.1 Å². The van der Waals surface area contributed by atoms with Crippen molar-refractivity contribution in [2.75, 3.05) is 0 Å². The van der Waals surface area contributed by atoms with E-state index >= 15 is 0 Å². The second-order valence-electron chi connectivity index (χ2n) is 8.23. The Bertz CT molecular complexity index is 707. The minimum atomic E-state index is -4.76. The molecule has 1 amide bonds. The molecule has 5 rings (SSSR count). The van der Waals surface area contributed by atoms with Gasteiger partial charge in [0, 0.05) is 17.0 Å². The first-order valence-corrected chi connectivity index (χ1v) is 9.35. The van der Waals surface area contributed by atoms with Gasteiger partial charge in [0.05, 0.1) is 5.41 Å². The van der Waals surface area contributed by atoms with Gasteiger partial charge in [0.25, 0.3) is 0 Å². The van der Waals surface area contributed by atoms with Gasteiger partial charge in [-0.15, -0.1) is 24.8 Å². The summed E-state index contributed by atoms with van der Waals surface area (Å²) >= 11 is 6.75. The highest BCUT2D eigenvalue weighted by atomic mass is 35.5. The predicted octanol–water partition coefficient (Wildman–Crippen LogP) is 4.78. The van der Waals surface area contributed by atoms with E-state index in [4.69, 9.17) is 11.6 Å². The van der Waals surface area contributed by atoms with Gasteiger partial charge in [-0.2, -0.15) is 0 Å². The number of amides is 1. The van der Waals surface area contributed by atoms with Crippen LogP contribution in [0.4, 0.5) is 13.2 Å². The van der Waals surface area contributed by atoms with E-state index in [1.807, 2.05) is 0 Å². The van der Waals surface area contributed by atoms with Crippen molar-refractivity contribution >= 4 is 17.5 Å². The van der Waals surface area contributed by atoms with Crippen molar-refractivity contribution in [3.05, 3.63) is 29.8 Å². The van der Waals surface area contributed by atoms with E-state index in [1.54, 1.807) is 6.07 Å². The summed E-state index contributed by atoms with van der Waals surface area (Å²) < 4.78 is 41.7. The lowest BCUT2D eigenvalue weighted by atomic mass is 9.49. The van der Waals surface area contributed by atoms with Gasteiger partial charge >= 0.3 is 6.36 Å². The number of rotatable bonds is 4. The first-order valence-electron chi connectivity index (χ1n) is 8.97. The molecular weight excluding hydrogens is 367 g/mol. The number of hydrogen-bond acceptors (Lipinski definition) is 2. The average Bonchev–Trinajstić information content (AvgIpc) is 2.50. The standard InChI is InChI=1S/C19H21ClF3NO2/c20-18-8-12-5-13(9-18)7-17(6-12,11-18)16(25)24-10-14-3-1-2-4-15(14)26-19(21,22)23/h1-4,12-13H,5-11H2,(H,24,25)/t12-,13-,17?,18?/m1/s1. The zero-order chi connectivity index (χ0) is 18.6. The highest BCUT2D eigenvalue weighted by Gasteiger charge is 2.60. The Balaban J connectivity index is 1.47. The first-order chi connectivity index (χ1) is 12.2. The summed E-state index contributed by atoms with van der Waals surface area (Å²) in [6.07, 6.45) is 0.678. The summed E-state index contributed by atoms with van der Waals surface area (Å²) in [5.41, 5.74) is -0.158. The Kier molecular flexibility index (Phi) is 4.17. The normalized spacial score (nSPS) is 35.4. The highest BCUT2D eigenvalue weighted by molar-refractivity contribution is 6.24. The maximum atomic E-state index is 13.0. The maximum absolute atomic E-state index is 13.0. The molecular formula is C19H21ClF3NO2. The van der Waals surface area contributed by atoms with Crippen LogP contribution in [0, 0.1) is 17.3 Å². The number of ether oxygens (including phenoxy) is 1. The topological polar surface area (TPSA) is 38.3 Å². The number of alkyl halides is 4. The van der Waals surface area contributed by atoms with Gasteiger partial charge < -0.3 is 10.1 Å². The van der Waals surface area contributed by atoms with E-state index in [9.17, 15) is 18.0 Å². The van der Waals surface area contributed by atoms with Crippen molar-refractivity contribution in [1.82, 2.24) is 5.32 Å². The van der Waals surface area contributed by atoms with E-state index < -0.39 is 11.8 Å². The molecule has 1 aromatic carbocycles. The van der Waals surface area contributed by atoms with Crippen LogP contribution in [-0.4, -0.2) is 17.1 Å². The Labute approximate surface area is 155 Å². The molecule has 1 aromatic rings. The van der Waals surface area contributed by atoms with Gasteiger partial charge in [0.1, 0.15) is 5.75 Å². The lowest BCUT2D eigenvalue weighted by Crippen LogP contribution is -2.58. The van der Waals surface area contributed by atoms with Crippen LogP contribution < -0.4 is 10.1 Å². The van der Waals surface area contributed by atoms with Gasteiger partial charge in [0.15, 0.2) is 0 Å². The van der Waals surface area contributed by atoms with Crippen LogP contribution in [0.25, 0.3) is 0 Å². The molecule has 26 heavy (non-hydrogen) atoms. The van der Waals surface area contributed by atoms with E-state index in [2.05, 4.69) is 10.1 Å². The first kappa shape index (κ1) is 18.0. The van der Waals surface area contributed by atoms with Crippen LogP contribution in [0.15, 0.2) is 24.3 Å². The van der Waals surface area contributed by atoms with Crippen molar-refractivity contribution in [1.29, 1.82) is 0 Å². The number of halogens is 4. The molecule has 0 unspecified atom stereocenters. The minimum Gasteiger partial charge on any atom is -0.405 e. The molecule has 142 valence electrons. The Morgan fingerprint density at radius 1 is 1.19 bits per heavy atom. The zero-order valence-electron chi connectivity index (χ0n) is 14.2.